The quantitative estimate of drug-likeness (QED) is 0.773. The monoisotopic (exact) mass is 398 g/mol. The van der Waals surface area contributed by atoms with Gasteiger partial charge in [0.1, 0.15) is 11.5 Å². The molecule has 0 saturated carbocycles. The van der Waals surface area contributed by atoms with Crippen molar-refractivity contribution in [1.82, 2.24) is 4.90 Å². The molecule has 0 unspecified atom stereocenters. The van der Waals surface area contributed by atoms with Crippen LogP contribution < -0.4 is 14.8 Å². The van der Waals surface area contributed by atoms with Crippen LogP contribution in [0.15, 0.2) is 34.1 Å². The number of ether oxygens (including phenoxy) is 2. The van der Waals surface area contributed by atoms with E-state index >= 15 is 0 Å². The third-order valence-corrected chi connectivity index (χ3v) is 4.76. The molecule has 0 saturated heterocycles. The predicted molar refractivity (Wildman–Crippen MR) is 96.5 cm³/mol. The molecule has 2 aromatic rings. The topological polar surface area (TPSA) is 50.8 Å². The number of amides is 1. The molecule has 23 heavy (non-hydrogen) atoms. The molecule has 0 aliphatic rings. The summed E-state index contributed by atoms with van der Waals surface area (Å²) < 4.78 is 11.5. The lowest BCUT2D eigenvalue weighted by molar-refractivity contribution is -0.117. The molecule has 1 heterocycles. The van der Waals surface area contributed by atoms with E-state index in [0.29, 0.717) is 17.2 Å². The maximum absolute atomic E-state index is 12.2. The number of hydrogen-bond donors (Lipinski definition) is 1. The standard InChI is InChI=1S/C16H19BrN2O3S/c1-19(9-12-5-7-15(17)23-12)10-16(20)18-13-8-11(21-2)4-6-14(13)22-3/h4-8H,9-10H2,1-3H3,(H,18,20). The summed E-state index contributed by atoms with van der Waals surface area (Å²) in [7, 11) is 5.06. The lowest BCUT2D eigenvalue weighted by Crippen LogP contribution is -2.29. The molecule has 1 N–H and O–H groups in total. The molecule has 0 bridgehead atoms. The summed E-state index contributed by atoms with van der Waals surface area (Å²) in [4.78, 5) is 15.4. The Hall–Kier alpha value is -1.57. The molecule has 1 aromatic carbocycles. The fraction of sp³-hybridized carbons (Fsp3) is 0.312. The minimum absolute atomic E-state index is 0.102. The van der Waals surface area contributed by atoms with Gasteiger partial charge in [-0.3, -0.25) is 9.69 Å². The van der Waals surface area contributed by atoms with Crippen molar-refractivity contribution in [3.63, 3.8) is 0 Å². The van der Waals surface area contributed by atoms with Crippen LogP contribution in [0.2, 0.25) is 0 Å². The Kier molecular flexibility index (Phi) is 6.44. The zero-order chi connectivity index (χ0) is 16.8. The van der Waals surface area contributed by atoms with Gasteiger partial charge in [0.25, 0.3) is 0 Å². The number of benzene rings is 1. The summed E-state index contributed by atoms with van der Waals surface area (Å²) in [5.74, 6) is 1.16. The number of nitrogens with one attached hydrogen (secondary N) is 1. The van der Waals surface area contributed by atoms with Crippen molar-refractivity contribution >= 4 is 38.9 Å². The van der Waals surface area contributed by atoms with Gasteiger partial charge in [-0.1, -0.05) is 0 Å². The largest absolute Gasteiger partial charge is 0.497 e. The lowest BCUT2D eigenvalue weighted by atomic mass is 10.2. The van der Waals surface area contributed by atoms with Gasteiger partial charge in [-0.2, -0.15) is 0 Å². The van der Waals surface area contributed by atoms with E-state index in [1.165, 1.54) is 4.88 Å². The maximum atomic E-state index is 12.2. The van der Waals surface area contributed by atoms with Crippen LogP contribution in [-0.2, 0) is 11.3 Å². The molecule has 0 radical (unpaired) electrons. The summed E-state index contributed by atoms with van der Waals surface area (Å²) >= 11 is 5.11. The van der Waals surface area contributed by atoms with Gasteiger partial charge in [0.2, 0.25) is 5.91 Å². The molecule has 2 rings (SSSR count). The van der Waals surface area contributed by atoms with E-state index in [0.717, 1.165) is 10.3 Å². The van der Waals surface area contributed by atoms with Crippen molar-refractivity contribution in [2.45, 2.75) is 6.54 Å². The van der Waals surface area contributed by atoms with E-state index in [2.05, 4.69) is 21.2 Å². The summed E-state index contributed by atoms with van der Waals surface area (Å²) in [6.45, 7) is 1.01. The van der Waals surface area contributed by atoms with Crippen molar-refractivity contribution in [3.05, 3.63) is 39.0 Å². The van der Waals surface area contributed by atoms with Crippen molar-refractivity contribution < 1.29 is 14.3 Å². The molecule has 5 nitrogen and oxygen atoms in total. The van der Waals surface area contributed by atoms with Crippen LogP contribution in [0.25, 0.3) is 0 Å². The van der Waals surface area contributed by atoms with E-state index in [4.69, 9.17) is 9.47 Å². The van der Waals surface area contributed by atoms with Crippen molar-refractivity contribution in [1.29, 1.82) is 0 Å². The van der Waals surface area contributed by atoms with E-state index in [9.17, 15) is 4.79 Å². The first-order valence-corrected chi connectivity index (χ1v) is 8.57. The van der Waals surface area contributed by atoms with Crippen LogP contribution in [-0.4, -0.2) is 38.6 Å². The van der Waals surface area contributed by atoms with E-state index < -0.39 is 0 Å². The number of anilines is 1. The smallest absolute Gasteiger partial charge is 0.238 e. The molecule has 0 aliphatic carbocycles. The molecule has 7 heteroatoms. The zero-order valence-corrected chi connectivity index (χ0v) is 15.7. The molecular weight excluding hydrogens is 380 g/mol. The summed E-state index contributed by atoms with van der Waals surface area (Å²) in [6.07, 6.45) is 0. The summed E-state index contributed by atoms with van der Waals surface area (Å²) in [6, 6.07) is 9.35. The minimum atomic E-state index is -0.102. The van der Waals surface area contributed by atoms with Crippen LogP contribution >= 0.6 is 27.3 Å². The number of carbonyl (C=O) groups excluding carboxylic acids is 1. The second-order valence-electron chi connectivity index (χ2n) is 4.99. The van der Waals surface area contributed by atoms with Gasteiger partial charge in [0.05, 0.1) is 30.2 Å². The first-order chi connectivity index (χ1) is 11.0. The Labute approximate surface area is 148 Å². The van der Waals surface area contributed by atoms with Gasteiger partial charge in [-0.25, -0.2) is 0 Å². The highest BCUT2D eigenvalue weighted by Gasteiger charge is 2.12. The number of likely N-dealkylation sites (N-methyl/N-ethyl adjacent to an activating group) is 1. The number of rotatable bonds is 7. The van der Waals surface area contributed by atoms with Gasteiger partial charge in [-0.05, 0) is 47.2 Å². The number of halogens is 1. The highest BCUT2D eigenvalue weighted by Crippen LogP contribution is 2.29. The Morgan fingerprint density at radius 2 is 2.04 bits per heavy atom. The van der Waals surface area contributed by atoms with Gasteiger partial charge in [0.15, 0.2) is 0 Å². The van der Waals surface area contributed by atoms with Crippen LogP contribution in [0.4, 0.5) is 5.69 Å². The van der Waals surface area contributed by atoms with E-state index in [-0.39, 0.29) is 12.5 Å². The Morgan fingerprint density at radius 1 is 1.26 bits per heavy atom. The average molecular weight is 399 g/mol. The molecule has 0 atom stereocenters. The van der Waals surface area contributed by atoms with Gasteiger partial charge < -0.3 is 14.8 Å². The first kappa shape index (κ1) is 17.8. The number of nitrogens with zero attached hydrogens (tertiary/aromatic N) is 1. The van der Waals surface area contributed by atoms with Gasteiger partial charge in [-0.15, -0.1) is 11.3 Å². The Bertz CT molecular complexity index is 675. The number of methoxy groups -OCH3 is 2. The van der Waals surface area contributed by atoms with Crippen molar-refractivity contribution in [3.8, 4) is 11.5 Å². The second-order valence-corrected chi connectivity index (χ2v) is 7.54. The molecule has 1 amide bonds. The van der Waals surface area contributed by atoms with Crippen LogP contribution in [0, 0.1) is 0 Å². The van der Waals surface area contributed by atoms with Crippen molar-refractivity contribution in [2.75, 3.05) is 33.1 Å². The lowest BCUT2D eigenvalue weighted by Gasteiger charge is -2.16. The highest BCUT2D eigenvalue weighted by atomic mass is 79.9. The molecule has 0 aliphatic heterocycles. The number of hydrogen-bond acceptors (Lipinski definition) is 5. The first-order valence-electron chi connectivity index (χ1n) is 6.96. The van der Waals surface area contributed by atoms with Gasteiger partial charge in [0, 0.05) is 17.5 Å². The minimum Gasteiger partial charge on any atom is -0.497 e. The fourth-order valence-corrected chi connectivity index (χ4v) is 3.67. The maximum Gasteiger partial charge on any atom is 0.238 e. The van der Waals surface area contributed by atoms with Crippen LogP contribution in [0.1, 0.15) is 4.88 Å². The van der Waals surface area contributed by atoms with E-state index in [1.54, 1.807) is 43.8 Å². The van der Waals surface area contributed by atoms with Gasteiger partial charge >= 0.3 is 0 Å². The third kappa shape index (κ3) is 5.23. The highest BCUT2D eigenvalue weighted by molar-refractivity contribution is 9.11. The second kappa shape index (κ2) is 8.33. The fourth-order valence-electron chi connectivity index (χ4n) is 2.11. The Morgan fingerprint density at radius 3 is 2.65 bits per heavy atom. The number of thiophene rings is 1. The molecule has 0 fully saturated rings. The summed E-state index contributed by atoms with van der Waals surface area (Å²) in [5, 5.41) is 2.87. The molecule has 1 aromatic heterocycles. The van der Waals surface area contributed by atoms with Crippen LogP contribution in [0.3, 0.4) is 0 Å². The molecule has 124 valence electrons. The third-order valence-electron chi connectivity index (χ3n) is 3.15. The molecular formula is C16H19BrN2O3S. The summed E-state index contributed by atoms with van der Waals surface area (Å²) in [5.41, 5.74) is 0.601. The normalized spacial score (nSPS) is 10.7. The van der Waals surface area contributed by atoms with Crippen LogP contribution in [0.5, 0.6) is 11.5 Å². The molecule has 0 spiro atoms. The Balaban J connectivity index is 1.96. The zero-order valence-electron chi connectivity index (χ0n) is 13.3. The van der Waals surface area contributed by atoms with E-state index in [1.807, 2.05) is 24.1 Å². The number of carbonyl (C=O) groups is 1. The average Bonchev–Trinajstić information content (AvgIpc) is 2.91. The van der Waals surface area contributed by atoms with Crippen molar-refractivity contribution in [2.24, 2.45) is 0 Å². The SMILES string of the molecule is COc1ccc(OC)c(NC(=O)CN(C)Cc2ccc(Br)s2)c1. The predicted octanol–water partition coefficient (Wildman–Crippen LogP) is 3.60.